The molecule has 4 heteroatoms. The van der Waals surface area contributed by atoms with Crippen LogP contribution >= 0.6 is 11.3 Å². The van der Waals surface area contributed by atoms with Gasteiger partial charge in [-0.2, -0.15) is 0 Å². The first-order valence-electron chi connectivity index (χ1n) is 7.65. The highest BCUT2D eigenvalue weighted by Crippen LogP contribution is 2.35. The quantitative estimate of drug-likeness (QED) is 0.942. The minimum absolute atomic E-state index is 0.461. The molecule has 1 aliphatic rings. The summed E-state index contributed by atoms with van der Waals surface area (Å²) >= 11 is 1.86. The fourth-order valence-electron chi connectivity index (χ4n) is 2.96. The lowest BCUT2D eigenvalue weighted by molar-refractivity contribution is 0.187. The van der Waals surface area contributed by atoms with Crippen LogP contribution in [0.15, 0.2) is 24.3 Å². The Kier molecular flexibility index (Phi) is 4.38. The molecule has 0 amide bonds. The molecule has 1 aromatic heterocycles. The van der Waals surface area contributed by atoms with E-state index >= 15 is 0 Å². The minimum atomic E-state index is 0.461. The fourth-order valence-corrected chi connectivity index (χ4v) is 4.20. The first-order valence-corrected chi connectivity index (χ1v) is 8.46. The summed E-state index contributed by atoms with van der Waals surface area (Å²) in [6.07, 6.45) is 0. The van der Waals surface area contributed by atoms with E-state index in [9.17, 15) is 0 Å². The van der Waals surface area contributed by atoms with Crippen LogP contribution in [0.2, 0.25) is 0 Å². The molecule has 112 valence electrons. The largest absolute Gasteiger partial charge is 0.314 e. The molecule has 3 rings (SSSR count). The van der Waals surface area contributed by atoms with Crippen LogP contribution in [-0.4, -0.2) is 36.1 Å². The molecule has 1 fully saturated rings. The summed E-state index contributed by atoms with van der Waals surface area (Å²) in [6.45, 7) is 11.0. The number of hydrogen-bond acceptors (Lipinski definition) is 4. The van der Waals surface area contributed by atoms with E-state index in [0.717, 1.165) is 31.2 Å². The van der Waals surface area contributed by atoms with Crippen LogP contribution in [0, 0.1) is 13.8 Å². The van der Waals surface area contributed by atoms with Crippen LogP contribution < -0.4 is 5.32 Å². The molecule has 3 nitrogen and oxygen atoms in total. The van der Waals surface area contributed by atoms with Gasteiger partial charge in [0.1, 0.15) is 5.01 Å². The maximum absolute atomic E-state index is 4.83. The summed E-state index contributed by atoms with van der Waals surface area (Å²) in [5.41, 5.74) is 3.75. The first-order chi connectivity index (χ1) is 10.2. The Morgan fingerprint density at radius 2 is 1.90 bits per heavy atom. The van der Waals surface area contributed by atoms with Crippen molar-refractivity contribution >= 4 is 11.3 Å². The number of aromatic nitrogens is 1. The number of aryl methyl sites for hydroxylation is 2. The third-order valence-electron chi connectivity index (χ3n) is 4.29. The summed E-state index contributed by atoms with van der Waals surface area (Å²) in [5, 5.41) is 4.58. The molecule has 2 heterocycles. The van der Waals surface area contributed by atoms with Gasteiger partial charge in [-0.1, -0.05) is 24.3 Å². The van der Waals surface area contributed by atoms with E-state index in [2.05, 4.69) is 55.3 Å². The summed E-state index contributed by atoms with van der Waals surface area (Å²) in [4.78, 5) is 8.80. The highest BCUT2D eigenvalue weighted by Gasteiger charge is 2.22. The van der Waals surface area contributed by atoms with Crippen LogP contribution in [0.4, 0.5) is 0 Å². The van der Waals surface area contributed by atoms with E-state index in [1.165, 1.54) is 21.7 Å². The topological polar surface area (TPSA) is 28.2 Å². The van der Waals surface area contributed by atoms with E-state index in [4.69, 9.17) is 4.98 Å². The number of rotatable bonds is 3. The zero-order valence-corrected chi connectivity index (χ0v) is 13.8. The van der Waals surface area contributed by atoms with Crippen molar-refractivity contribution < 1.29 is 0 Å². The normalized spacial score (nSPS) is 17.9. The van der Waals surface area contributed by atoms with Gasteiger partial charge in [-0.05, 0) is 26.3 Å². The summed E-state index contributed by atoms with van der Waals surface area (Å²) in [5.74, 6) is 0. The number of hydrogen-bond donors (Lipinski definition) is 1. The van der Waals surface area contributed by atoms with Crippen molar-refractivity contribution in [2.45, 2.75) is 26.8 Å². The lowest BCUT2D eigenvalue weighted by Crippen LogP contribution is -2.44. The van der Waals surface area contributed by atoms with Crippen molar-refractivity contribution in [3.05, 3.63) is 40.4 Å². The van der Waals surface area contributed by atoms with E-state index in [1.54, 1.807) is 0 Å². The fraction of sp³-hybridized carbons (Fsp3) is 0.471. The Bertz CT molecular complexity index is 614. The van der Waals surface area contributed by atoms with Gasteiger partial charge in [0.15, 0.2) is 0 Å². The molecule has 1 aromatic carbocycles. The monoisotopic (exact) mass is 301 g/mol. The summed E-state index contributed by atoms with van der Waals surface area (Å²) < 4.78 is 0. The third kappa shape index (κ3) is 3.03. The molecule has 0 bridgehead atoms. The molecule has 1 aliphatic heterocycles. The molecule has 0 saturated carbocycles. The van der Waals surface area contributed by atoms with Crippen molar-refractivity contribution in [2.24, 2.45) is 0 Å². The van der Waals surface area contributed by atoms with Crippen LogP contribution in [0.3, 0.4) is 0 Å². The Morgan fingerprint density at radius 1 is 1.19 bits per heavy atom. The molecule has 1 saturated heterocycles. The van der Waals surface area contributed by atoms with Crippen molar-refractivity contribution in [3.8, 4) is 10.6 Å². The van der Waals surface area contributed by atoms with E-state index < -0.39 is 0 Å². The maximum atomic E-state index is 4.83. The molecule has 0 aliphatic carbocycles. The minimum Gasteiger partial charge on any atom is -0.314 e. The second kappa shape index (κ2) is 6.26. The Labute approximate surface area is 131 Å². The van der Waals surface area contributed by atoms with Crippen LogP contribution in [-0.2, 0) is 0 Å². The molecule has 0 spiro atoms. The summed E-state index contributed by atoms with van der Waals surface area (Å²) in [6, 6.07) is 8.97. The van der Waals surface area contributed by atoms with Crippen molar-refractivity contribution in [1.29, 1.82) is 0 Å². The number of nitrogens with zero attached hydrogens (tertiary/aromatic N) is 2. The molecule has 2 aromatic rings. The molecular formula is C17H23N3S. The van der Waals surface area contributed by atoms with Gasteiger partial charge in [0.05, 0.1) is 5.69 Å². The number of benzene rings is 1. The number of thiazole rings is 1. The SMILES string of the molecule is Cc1ccccc1-c1nc(C)c(C(C)N2CCNCC2)s1. The molecule has 1 N–H and O–H groups in total. The molecule has 1 atom stereocenters. The van der Waals surface area contributed by atoms with E-state index in [-0.39, 0.29) is 0 Å². The molecule has 1 unspecified atom stereocenters. The lowest BCUT2D eigenvalue weighted by Gasteiger charge is -2.32. The van der Waals surface area contributed by atoms with Crippen molar-refractivity contribution in [3.63, 3.8) is 0 Å². The van der Waals surface area contributed by atoms with E-state index in [1.807, 2.05) is 11.3 Å². The van der Waals surface area contributed by atoms with Gasteiger partial charge in [-0.15, -0.1) is 11.3 Å². The first kappa shape index (κ1) is 14.7. The van der Waals surface area contributed by atoms with Crippen LogP contribution in [0.5, 0.6) is 0 Å². The maximum Gasteiger partial charge on any atom is 0.124 e. The van der Waals surface area contributed by atoms with Gasteiger partial charge in [0, 0.05) is 42.7 Å². The smallest absolute Gasteiger partial charge is 0.124 e. The standard InChI is InChI=1S/C17H23N3S/c1-12-6-4-5-7-15(12)17-19-13(2)16(21-17)14(3)20-10-8-18-9-11-20/h4-7,14,18H,8-11H2,1-3H3. The zero-order valence-electron chi connectivity index (χ0n) is 13.0. The van der Waals surface area contributed by atoms with Gasteiger partial charge in [-0.25, -0.2) is 4.98 Å². The molecule has 21 heavy (non-hydrogen) atoms. The van der Waals surface area contributed by atoms with Crippen molar-refractivity contribution in [1.82, 2.24) is 15.2 Å². The lowest BCUT2D eigenvalue weighted by atomic mass is 10.1. The molecule has 0 radical (unpaired) electrons. The second-order valence-corrected chi connectivity index (χ2v) is 6.78. The van der Waals surface area contributed by atoms with Gasteiger partial charge in [0.25, 0.3) is 0 Å². The Morgan fingerprint density at radius 3 is 2.62 bits per heavy atom. The highest BCUT2D eigenvalue weighted by atomic mass is 32.1. The molecular weight excluding hydrogens is 278 g/mol. The average molecular weight is 301 g/mol. The highest BCUT2D eigenvalue weighted by molar-refractivity contribution is 7.15. The second-order valence-electron chi connectivity index (χ2n) is 5.75. The predicted molar refractivity (Wildman–Crippen MR) is 89.9 cm³/mol. The van der Waals surface area contributed by atoms with Crippen LogP contribution in [0.1, 0.15) is 29.1 Å². The zero-order chi connectivity index (χ0) is 14.8. The predicted octanol–water partition coefficient (Wildman–Crippen LogP) is 3.39. The van der Waals surface area contributed by atoms with Crippen molar-refractivity contribution in [2.75, 3.05) is 26.2 Å². The number of nitrogens with one attached hydrogen (secondary N) is 1. The summed E-state index contributed by atoms with van der Waals surface area (Å²) in [7, 11) is 0. The third-order valence-corrected chi connectivity index (χ3v) is 5.65. The van der Waals surface area contributed by atoms with Gasteiger partial charge in [-0.3, -0.25) is 4.90 Å². The number of piperazine rings is 1. The van der Waals surface area contributed by atoms with Gasteiger partial charge < -0.3 is 5.32 Å². The van der Waals surface area contributed by atoms with Gasteiger partial charge >= 0.3 is 0 Å². The van der Waals surface area contributed by atoms with Gasteiger partial charge in [0.2, 0.25) is 0 Å². The Hall–Kier alpha value is -1.23. The van der Waals surface area contributed by atoms with E-state index in [0.29, 0.717) is 6.04 Å². The average Bonchev–Trinajstić information content (AvgIpc) is 2.89. The Balaban J connectivity index is 1.89. The van der Waals surface area contributed by atoms with Crippen LogP contribution in [0.25, 0.3) is 10.6 Å².